The largest absolute Gasteiger partial charge is 0.381 e. The van der Waals surface area contributed by atoms with Gasteiger partial charge in [0.2, 0.25) is 5.82 Å². The molecule has 0 aliphatic rings. The molecule has 1 aromatic carbocycles. The quantitative estimate of drug-likeness (QED) is 0.669. The van der Waals surface area contributed by atoms with Gasteiger partial charge < -0.3 is 9.88 Å². The van der Waals surface area contributed by atoms with Gasteiger partial charge in [0.1, 0.15) is 0 Å². The number of nitrogens with zero attached hydrogens (tertiary/aromatic N) is 2. The van der Waals surface area contributed by atoms with Crippen molar-refractivity contribution >= 4 is 11.4 Å². The van der Waals surface area contributed by atoms with Gasteiger partial charge in [-0.05, 0) is 17.7 Å². The maximum absolute atomic E-state index is 13.3. The number of nitrogens with one attached hydrogen (secondary N) is 1. The van der Waals surface area contributed by atoms with Crippen molar-refractivity contribution in [3.8, 4) is 0 Å². The molecule has 0 saturated heterocycles. The number of rotatable bonds is 4. The Morgan fingerprint density at radius 2 is 2.22 bits per heavy atom. The van der Waals surface area contributed by atoms with E-state index in [0.717, 1.165) is 17.7 Å². The smallest absolute Gasteiger partial charge is 0.304 e. The molecule has 1 heterocycles. The SMILES string of the molecule is Cn1ccc(CNc2ccc([N+](=O)[O-])c(F)c2)c1. The summed E-state index contributed by atoms with van der Waals surface area (Å²) in [6.45, 7) is 0.540. The minimum absolute atomic E-state index is 0.514. The van der Waals surface area contributed by atoms with Crippen LogP contribution < -0.4 is 5.32 Å². The highest BCUT2D eigenvalue weighted by molar-refractivity contribution is 5.49. The zero-order chi connectivity index (χ0) is 13.1. The van der Waals surface area contributed by atoms with Crippen molar-refractivity contribution < 1.29 is 9.31 Å². The van der Waals surface area contributed by atoms with Crippen LogP contribution in [0.25, 0.3) is 0 Å². The van der Waals surface area contributed by atoms with Crippen LogP contribution >= 0.6 is 0 Å². The lowest BCUT2D eigenvalue weighted by atomic mass is 10.2. The first-order valence-corrected chi connectivity index (χ1v) is 5.35. The molecule has 0 bridgehead atoms. The van der Waals surface area contributed by atoms with Gasteiger partial charge in [-0.3, -0.25) is 10.1 Å². The average Bonchev–Trinajstić information content (AvgIpc) is 2.72. The molecule has 1 N–H and O–H groups in total. The number of nitro benzene ring substituents is 1. The molecule has 0 fully saturated rings. The topological polar surface area (TPSA) is 60.1 Å². The number of anilines is 1. The summed E-state index contributed by atoms with van der Waals surface area (Å²) >= 11 is 0. The molecule has 2 rings (SSSR count). The highest BCUT2D eigenvalue weighted by Crippen LogP contribution is 2.21. The van der Waals surface area contributed by atoms with Crippen molar-refractivity contribution in [3.05, 3.63) is 58.2 Å². The van der Waals surface area contributed by atoms with Crippen LogP contribution in [0.3, 0.4) is 0 Å². The van der Waals surface area contributed by atoms with Crippen LogP contribution in [0.15, 0.2) is 36.7 Å². The van der Waals surface area contributed by atoms with Crippen molar-refractivity contribution in [1.82, 2.24) is 4.57 Å². The second kappa shape index (κ2) is 4.87. The lowest BCUT2D eigenvalue weighted by molar-refractivity contribution is -0.387. The van der Waals surface area contributed by atoms with Gasteiger partial charge in [-0.2, -0.15) is 4.39 Å². The molecule has 0 aliphatic heterocycles. The lowest BCUT2D eigenvalue weighted by Crippen LogP contribution is -2.00. The van der Waals surface area contributed by atoms with Crippen molar-refractivity contribution in [3.63, 3.8) is 0 Å². The number of hydrogen-bond acceptors (Lipinski definition) is 3. The van der Waals surface area contributed by atoms with E-state index in [2.05, 4.69) is 5.32 Å². The summed E-state index contributed by atoms with van der Waals surface area (Å²) in [5.41, 5.74) is 1.05. The minimum atomic E-state index is -0.835. The summed E-state index contributed by atoms with van der Waals surface area (Å²) in [5.74, 6) is -0.835. The van der Waals surface area contributed by atoms with Gasteiger partial charge in [0.05, 0.1) is 4.92 Å². The molecule has 6 heteroatoms. The van der Waals surface area contributed by atoms with Crippen molar-refractivity contribution in [2.75, 3.05) is 5.32 Å². The Morgan fingerprint density at radius 3 is 2.78 bits per heavy atom. The van der Waals surface area contributed by atoms with Crippen molar-refractivity contribution in [2.24, 2.45) is 7.05 Å². The van der Waals surface area contributed by atoms with E-state index in [-0.39, 0.29) is 0 Å². The second-order valence-electron chi connectivity index (χ2n) is 3.96. The Kier molecular flexibility index (Phi) is 3.27. The van der Waals surface area contributed by atoms with E-state index in [9.17, 15) is 14.5 Å². The zero-order valence-corrected chi connectivity index (χ0v) is 9.76. The summed E-state index contributed by atoms with van der Waals surface area (Å²) < 4.78 is 15.3. The van der Waals surface area contributed by atoms with E-state index in [1.165, 1.54) is 6.07 Å². The van der Waals surface area contributed by atoms with E-state index >= 15 is 0 Å². The molecule has 94 valence electrons. The molecule has 0 radical (unpaired) electrons. The summed E-state index contributed by atoms with van der Waals surface area (Å²) in [6.07, 6.45) is 3.85. The molecule has 0 amide bonds. The molecule has 0 unspecified atom stereocenters. The summed E-state index contributed by atoms with van der Waals surface area (Å²) in [6, 6.07) is 5.71. The first kappa shape index (κ1) is 12.1. The molecule has 1 aromatic heterocycles. The predicted octanol–water partition coefficient (Wildman–Crippen LogP) is 2.68. The third kappa shape index (κ3) is 2.65. The molecule has 0 atom stereocenters. The van der Waals surface area contributed by atoms with E-state index in [1.807, 2.05) is 30.1 Å². The van der Waals surface area contributed by atoms with Crippen LogP contribution in [0.4, 0.5) is 15.8 Å². The highest BCUT2D eigenvalue weighted by Gasteiger charge is 2.13. The van der Waals surface area contributed by atoms with Crippen LogP contribution in [0.2, 0.25) is 0 Å². The van der Waals surface area contributed by atoms with Gasteiger partial charge in [-0.25, -0.2) is 0 Å². The lowest BCUT2D eigenvalue weighted by Gasteiger charge is -2.05. The molecule has 18 heavy (non-hydrogen) atoms. The molecular formula is C12H12FN3O2. The monoisotopic (exact) mass is 249 g/mol. The summed E-state index contributed by atoms with van der Waals surface area (Å²) in [4.78, 5) is 9.72. The first-order valence-electron chi connectivity index (χ1n) is 5.35. The Hall–Kier alpha value is -2.37. The molecule has 5 nitrogen and oxygen atoms in total. The molecule has 0 spiro atoms. The number of hydrogen-bond donors (Lipinski definition) is 1. The maximum Gasteiger partial charge on any atom is 0.304 e. The van der Waals surface area contributed by atoms with Gasteiger partial charge in [-0.15, -0.1) is 0 Å². The van der Waals surface area contributed by atoms with E-state index < -0.39 is 16.4 Å². The Morgan fingerprint density at radius 1 is 1.44 bits per heavy atom. The Labute approximate surface area is 103 Å². The fraction of sp³-hybridized carbons (Fsp3) is 0.167. The van der Waals surface area contributed by atoms with Crippen LogP contribution in [0, 0.1) is 15.9 Å². The van der Waals surface area contributed by atoms with Gasteiger partial charge in [0, 0.05) is 43.8 Å². The Bertz CT molecular complexity index is 580. The fourth-order valence-corrected chi connectivity index (χ4v) is 1.63. The molecular weight excluding hydrogens is 237 g/mol. The average molecular weight is 249 g/mol. The second-order valence-corrected chi connectivity index (χ2v) is 3.96. The third-order valence-corrected chi connectivity index (χ3v) is 2.53. The molecule has 0 aliphatic carbocycles. The number of halogens is 1. The number of benzene rings is 1. The highest BCUT2D eigenvalue weighted by atomic mass is 19.1. The third-order valence-electron chi connectivity index (χ3n) is 2.53. The van der Waals surface area contributed by atoms with Crippen molar-refractivity contribution in [1.29, 1.82) is 0 Å². The van der Waals surface area contributed by atoms with Crippen LogP contribution in [-0.4, -0.2) is 9.49 Å². The zero-order valence-electron chi connectivity index (χ0n) is 9.76. The maximum atomic E-state index is 13.3. The van der Waals surface area contributed by atoms with Gasteiger partial charge >= 0.3 is 5.69 Å². The van der Waals surface area contributed by atoms with E-state index in [1.54, 1.807) is 0 Å². The van der Waals surface area contributed by atoms with Gasteiger partial charge in [0.15, 0.2) is 0 Å². The van der Waals surface area contributed by atoms with E-state index in [0.29, 0.717) is 12.2 Å². The fourth-order valence-electron chi connectivity index (χ4n) is 1.63. The summed E-state index contributed by atoms with van der Waals surface area (Å²) in [7, 11) is 1.91. The normalized spacial score (nSPS) is 10.3. The number of aromatic nitrogens is 1. The summed E-state index contributed by atoms with van der Waals surface area (Å²) in [5, 5.41) is 13.5. The Balaban J connectivity index is 2.06. The van der Waals surface area contributed by atoms with E-state index in [4.69, 9.17) is 0 Å². The molecule has 0 saturated carbocycles. The molecule has 2 aromatic rings. The minimum Gasteiger partial charge on any atom is -0.381 e. The van der Waals surface area contributed by atoms with Crippen molar-refractivity contribution in [2.45, 2.75) is 6.54 Å². The van der Waals surface area contributed by atoms with Gasteiger partial charge in [0.25, 0.3) is 0 Å². The van der Waals surface area contributed by atoms with Crippen LogP contribution in [0.1, 0.15) is 5.56 Å². The first-order chi connectivity index (χ1) is 8.56. The van der Waals surface area contributed by atoms with Crippen LogP contribution in [-0.2, 0) is 13.6 Å². The van der Waals surface area contributed by atoms with Crippen LogP contribution in [0.5, 0.6) is 0 Å². The van der Waals surface area contributed by atoms with Gasteiger partial charge in [-0.1, -0.05) is 0 Å². The predicted molar refractivity (Wildman–Crippen MR) is 65.8 cm³/mol. The number of aryl methyl sites for hydroxylation is 1. The standard InChI is InChI=1S/C12H12FN3O2/c1-15-5-4-9(8-15)7-14-10-2-3-12(16(17)18)11(13)6-10/h2-6,8,14H,7H2,1H3. The number of nitro groups is 1.